The number of aromatic nitrogens is 2. The average Bonchev–Trinajstić information content (AvgIpc) is 2.66. The van der Waals surface area contributed by atoms with Crippen molar-refractivity contribution in [2.45, 2.75) is 53.1 Å². The molecule has 0 bridgehead atoms. The first-order chi connectivity index (χ1) is 9.30. The summed E-state index contributed by atoms with van der Waals surface area (Å²) in [5.74, 6) is 1.74. The highest BCUT2D eigenvalue weighted by atomic mass is 15.1. The van der Waals surface area contributed by atoms with Crippen LogP contribution in [0.25, 0.3) is 0 Å². The quantitative estimate of drug-likeness (QED) is 0.897. The van der Waals surface area contributed by atoms with E-state index < -0.39 is 0 Å². The van der Waals surface area contributed by atoms with Gasteiger partial charge in [-0.15, -0.1) is 0 Å². The number of imidazole rings is 1. The van der Waals surface area contributed by atoms with E-state index in [9.17, 15) is 0 Å². The normalized spacial score (nSPS) is 16.0. The molecule has 2 rings (SSSR count). The van der Waals surface area contributed by atoms with E-state index in [4.69, 9.17) is 4.98 Å². The Morgan fingerprint density at radius 2 is 2.05 bits per heavy atom. The van der Waals surface area contributed by atoms with Gasteiger partial charge in [-0.25, -0.2) is 4.98 Å². The summed E-state index contributed by atoms with van der Waals surface area (Å²) in [6.07, 6.45) is 1.10. The SMILES string of the molecule is CC(C)c1nc2c(n1CC(C)(C)CN(C)C)CCNC2. The molecule has 0 aliphatic carbocycles. The van der Waals surface area contributed by atoms with Crippen LogP contribution < -0.4 is 5.32 Å². The highest BCUT2D eigenvalue weighted by molar-refractivity contribution is 5.22. The molecule has 0 atom stereocenters. The molecular weight excluding hydrogens is 248 g/mol. The molecule has 1 aliphatic rings. The average molecular weight is 278 g/mol. The summed E-state index contributed by atoms with van der Waals surface area (Å²) >= 11 is 0. The third kappa shape index (κ3) is 3.41. The zero-order valence-corrected chi connectivity index (χ0v) is 14.0. The minimum atomic E-state index is 0.256. The number of hydrogen-bond acceptors (Lipinski definition) is 3. The van der Waals surface area contributed by atoms with E-state index in [2.05, 4.69) is 56.6 Å². The van der Waals surface area contributed by atoms with Crippen LogP contribution in [0.4, 0.5) is 0 Å². The van der Waals surface area contributed by atoms with Gasteiger partial charge in [0.25, 0.3) is 0 Å². The third-order valence-electron chi connectivity index (χ3n) is 3.86. The first-order valence-electron chi connectivity index (χ1n) is 7.74. The van der Waals surface area contributed by atoms with Gasteiger partial charge in [0.1, 0.15) is 5.82 Å². The summed E-state index contributed by atoms with van der Waals surface area (Å²) < 4.78 is 2.50. The van der Waals surface area contributed by atoms with Gasteiger partial charge in [0.2, 0.25) is 0 Å². The van der Waals surface area contributed by atoms with Crippen LogP contribution in [0.5, 0.6) is 0 Å². The summed E-state index contributed by atoms with van der Waals surface area (Å²) in [7, 11) is 4.30. The fourth-order valence-corrected chi connectivity index (χ4v) is 3.34. The van der Waals surface area contributed by atoms with Crippen LogP contribution in [0, 0.1) is 5.41 Å². The van der Waals surface area contributed by atoms with Crippen molar-refractivity contribution in [1.29, 1.82) is 0 Å². The van der Waals surface area contributed by atoms with Gasteiger partial charge in [-0.2, -0.15) is 0 Å². The second-order valence-electron chi connectivity index (χ2n) is 7.43. The largest absolute Gasteiger partial charge is 0.331 e. The Morgan fingerprint density at radius 1 is 1.35 bits per heavy atom. The Balaban J connectivity index is 2.32. The van der Waals surface area contributed by atoms with Crippen LogP contribution in [0.2, 0.25) is 0 Å². The van der Waals surface area contributed by atoms with E-state index in [-0.39, 0.29) is 5.41 Å². The van der Waals surface area contributed by atoms with Gasteiger partial charge in [0.15, 0.2) is 0 Å². The first-order valence-corrected chi connectivity index (χ1v) is 7.74. The molecule has 0 spiro atoms. The molecule has 0 radical (unpaired) electrons. The highest BCUT2D eigenvalue weighted by Crippen LogP contribution is 2.27. The molecule has 0 amide bonds. The van der Waals surface area contributed by atoms with Gasteiger partial charge < -0.3 is 14.8 Å². The van der Waals surface area contributed by atoms with Crippen molar-refractivity contribution in [2.75, 3.05) is 27.2 Å². The maximum atomic E-state index is 4.90. The van der Waals surface area contributed by atoms with E-state index in [1.165, 1.54) is 17.2 Å². The van der Waals surface area contributed by atoms with Crippen LogP contribution >= 0.6 is 0 Å². The zero-order chi connectivity index (χ0) is 14.9. The van der Waals surface area contributed by atoms with Crippen LogP contribution in [0.3, 0.4) is 0 Å². The van der Waals surface area contributed by atoms with Gasteiger partial charge in [-0.1, -0.05) is 27.7 Å². The van der Waals surface area contributed by atoms with E-state index in [1.54, 1.807) is 0 Å². The van der Waals surface area contributed by atoms with Crippen molar-refractivity contribution in [3.8, 4) is 0 Å². The molecule has 0 aromatic carbocycles. The molecule has 4 nitrogen and oxygen atoms in total. The van der Waals surface area contributed by atoms with Crippen molar-refractivity contribution in [1.82, 2.24) is 19.8 Å². The number of hydrogen-bond donors (Lipinski definition) is 1. The van der Waals surface area contributed by atoms with Crippen molar-refractivity contribution >= 4 is 0 Å². The van der Waals surface area contributed by atoms with Gasteiger partial charge in [0, 0.05) is 44.2 Å². The summed E-state index contributed by atoms with van der Waals surface area (Å²) in [6, 6.07) is 0. The Labute approximate surface area is 123 Å². The van der Waals surface area contributed by atoms with Crippen molar-refractivity contribution < 1.29 is 0 Å². The van der Waals surface area contributed by atoms with Crippen LogP contribution in [-0.2, 0) is 19.5 Å². The minimum Gasteiger partial charge on any atom is -0.331 e. The molecule has 4 heteroatoms. The van der Waals surface area contributed by atoms with Gasteiger partial charge in [-0.05, 0) is 19.5 Å². The lowest BCUT2D eigenvalue weighted by Gasteiger charge is -2.31. The van der Waals surface area contributed by atoms with Gasteiger partial charge in [0.05, 0.1) is 5.69 Å². The lowest BCUT2D eigenvalue weighted by Crippen LogP contribution is -2.34. The zero-order valence-electron chi connectivity index (χ0n) is 14.0. The molecule has 0 saturated carbocycles. The molecule has 20 heavy (non-hydrogen) atoms. The smallest absolute Gasteiger partial charge is 0.111 e. The second kappa shape index (κ2) is 5.86. The summed E-state index contributed by atoms with van der Waals surface area (Å²) in [5.41, 5.74) is 2.98. The Kier molecular flexibility index (Phi) is 4.55. The topological polar surface area (TPSA) is 33.1 Å². The van der Waals surface area contributed by atoms with Crippen LogP contribution in [0.15, 0.2) is 0 Å². The Hall–Kier alpha value is -0.870. The molecule has 1 aliphatic heterocycles. The maximum absolute atomic E-state index is 4.90. The number of fused-ring (bicyclic) bond motifs is 1. The highest BCUT2D eigenvalue weighted by Gasteiger charge is 2.26. The summed E-state index contributed by atoms with van der Waals surface area (Å²) in [5, 5.41) is 3.43. The second-order valence-corrected chi connectivity index (χ2v) is 7.43. The third-order valence-corrected chi connectivity index (χ3v) is 3.86. The fourth-order valence-electron chi connectivity index (χ4n) is 3.34. The van der Waals surface area contributed by atoms with Crippen LogP contribution in [0.1, 0.15) is 50.8 Å². The standard InChI is InChI=1S/C16H30N4/c1-12(2)15-18-13-9-17-8-7-14(13)20(15)11-16(3,4)10-19(5)6/h12,17H,7-11H2,1-6H3. The maximum Gasteiger partial charge on any atom is 0.111 e. The molecule has 2 heterocycles. The molecule has 1 N–H and O–H groups in total. The molecule has 0 saturated heterocycles. The molecule has 1 aromatic heterocycles. The Bertz CT molecular complexity index is 457. The van der Waals surface area contributed by atoms with Crippen LogP contribution in [-0.4, -0.2) is 41.6 Å². The fraction of sp³-hybridized carbons (Fsp3) is 0.812. The Morgan fingerprint density at radius 3 is 2.65 bits per heavy atom. The first kappa shape index (κ1) is 15.5. The van der Waals surface area contributed by atoms with Crippen molar-refractivity contribution in [3.63, 3.8) is 0 Å². The predicted octanol–water partition coefficient (Wildman–Crippen LogP) is 2.24. The summed E-state index contributed by atoms with van der Waals surface area (Å²) in [6.45, 7) is 13.3. The van der Waals surface area contributed by atoms with E-state index in [0.29, 0.717) is 5.92 Å². The molecular formula is C16H30N4. The number of nitrogens with zero attached hydrogens (tertiary/aromatic N) is 3. The summed E-state index contributed by atoms with van der Waals surface area (Å²) in [4.78, 5) is 7.18. The van der Waals surface area contributed by atoms with E-state index >= 15 is 0 Å². The predicted molar refractivity (Wildman–Crippen MR) is 84.1 cm³/mol. The van der Waals surface area contributed by atoms with Gasteiger partial charge >= 0.3 is 0 Å². The van der Waals surface area contributed by atoms with Crippen molar-refractivity contribution in [3.05, 3.63) is 17.2 Å². The minimum absolute atomic E-state index is 0.256. The monoisotopic (exact) mass is 278 g/mol. The molecule has 0 unspecified atom stereocenters. The molecule has 114 valence electrons. The lowest BCUT2D eigenvalue weighted by atomic mass is 9.92. The molecule has 0 fully saturated rings. The van der Waals surface area contributed by atoms with E-state index in [1.807, 2.05) is 0 Å². The van der Waals surface area contributed by atoms with E-state index in [0.717, 1.165) is 32.6 Å². The van der Waals surface area contributed by atoms with Crippen molar-refractivity contribution in [2.24, 2.45) is 5.41 Å². The lowest BCUT2D eigenvalue weighted by molar-refractivity contribution is 0.207. The van der Waals surface area contributed by atoms with Gasteiger partial charge in [-0.3, -0.25) is 0 Å². The molecule has 1 aromatic rings. The number of rotatable bonds is 5. The number of nitrogens with one attached hydrogen (secondary N) is 1.